The number of hydrogen-bond donors (Lipinski definition) is 2. The minimum atomic E-state index is -0.432. The predicted octanol–water partition coefficient (Wildman–Crippen LogP) is 4.61. The van der Waals surface area contributed by atoms with Crippen molar-refractivity contribution in [3.05, 3.63) is 59.7 Å². The molecule has 2 amide bonds. The van der Waals surface area contributed by atoms with Gasteiger partial charge in [-0.15, -0.1) is 0 Å². The van der Waals surface area contributed by atoms with Crippen LogP contribution in [0.1, 0.15) is 68.3 Å². The largest absolute Gasteiger partial charge is 0.494 e. The summed E-state index contributed by atoms with van der Waals surface area (Å²) in [4.78, 5) is 24.3. The van der Waals surface area contributed by atoms with Crippen LogP contribution in [0.2, 0.25) is 0 Å². The van der Waals surface area contributed by atoms with Crippen molar-refractivity contribution in [1.29, 1.82) is 0 Å². The van der Waals surface area contributed by atoms with E-state index in [0.717, 1.165) is 37.0 Å². The summed E-state index contributed by atoms with van der Waals surface area (Å²) < 4.78 is 11.3. The van der Waals surface area contributed by atoms with E-state index < -0.39 is 11.8 Å². The highest BCUT2D eigenvalue weighted by Crippen LogP contribution is 2.28. The number of hydrazine groups is 1. The van der Waals surface area contributed by atoms with E-state index in [1.54, 1.807) is 24.3 Å². The maximum Gasteiger partial charge on any atom is 0.276 e. The summed E-state index contributed by atoms with van der Waals surface area (Å²) in [7, 11) is 0. The Bertz CT molecular complexity index is 805. The van der Waals surface area contributed by atoms with E-state index in [1.165, 1.54) is 0 Å². The first-order valence-electron chi connectivity index (χ1n) is 10.6. The van der Waals surface area contributed by atoms with Crippen LogP contribution in [0.15, 0.2) is 48.5 Å². The van der Waals surface area contributed by atoms with Crippen LogP contribution >= 0.6 is 0 Å². The third kappa shape index (κ3) is 7.43. The second kappa shape index (κ2) is 12.5. The Balaban J connectivity index is 1.77. The molecule has 30 heavy (non-hydrogen) atoms. The average molecular weight is 413 g/mol. The molecule has 0 aromatic heterocycles. The molecular weight excluding hydrogens is 380 g/mol. The molecule has 6 nitrogen and oxygen atoms in total. The van der Waals surface area contributed by atoms with Crippen molar-refractivity contribution in [1.82, 2.24) is 10.9 Å². The Morgan fingerprint density at radius 1 is 0.933 bits per heavy atom. The lowest BCUT2D eigenvalue weighted by Gasteiger charge is -2.15. The number of carbonyl (C=O) groups excluding carboxylic acids is 2. The molecule has 0 aliphatic rings. The maximum absolute atomic E-state index is 12.2. The van der Waals surface area contributed by atoms with Crippen LogP contribution in [0.5, 0.6) is 11.5 Å². The summed E-state index contributed by atoms with van der Waals surface area (Å²) in [5.74, 6) is 0.907. The van der Waals surface area contributed by atoms with Gasteiger partial charge in [-0.1, -0.05) is 51.8 Å². The van der Waals surface area contributed by atoms with E-state index in [-0.39, 0.29) is 6.61 Å². The Kier molecular flexibility index (Phi) is 9.71. The lowest BCUT2D eigenvalue weighted by atomic mass is 9.98. The number of ether oxygens (including phenoxy) is 2. The molecule has 0 saturated carbocycles. The molecule has 0 unspecified atom stereocenters. The lowest BCUT2D eigenvalue weighted by molar-refractivity contribution is -0.123. The van der Waals surface area contributed by atoms with Gasteiger partial charge in [0, 0.05) is 5.56 Å². The number of hydrogen-bond acceptors (Lipinski definition) is 4. The van der Waals surface area contributed by atoms with Crippen molar-refractivity contribution >= 4 is 11.8 Å². The fourth-order valence-corrected chi connectivity index (χ4v) is 2.86. The van der Waals surface area contributed by atoms with Crippen LogP contribution in [0.4, 0.5) is 0 Å². The number of carbonyl (C=O) groups is 2. The Hall–Kier alpha value is -3.02. The summed E-state index contributed by atoms with van der Waals surface area (Å²) in [6.07, 6.45) is 4.26. The lowest BCUT2D eigenvalue weighted by Crippen LogP contribution is -2.43. The van der Waals surface area contributed by atoms with Gasteiger partial charge in [-0.3, -0.25) is 20.4 Å². The molecule has 0 aliphatic heterocycles. The predicted molar refractivity (Wildman–Crippen MR) is 118 cm³/mol. The van der Waals surface area contributed by atoms with Gasteiger partial charge >= 0.3 is 0 Å². The first-order valence-corrected chi connectivity index (χ1v) is 10.6. The van der Waals surface area contributed by atoms with Gasteiger partial charge in [-0.2, -0.15) is 0 Å². The minimum absolute atomic E-state index is 0.182. The number of unbranched alkanes of at least 4 members (excludes halogenated alkanes) is 2. The zero-order valence-electron chi connectivity index (χ0n) is 18.1. The Morgan fingerprint density at radius 3 is 2.37 bits per heavy atom. The molecule has 6 heteroatoms. The standard InChI is InChI=1S/C24H32N2O4/c1-4-6-9-16-29-20-14-12-19(13-15-20)24(28)26-25-23(27)17-30-22-11-8-7-10-21(22)18(3)5-2/h7-8,10-15,18H,4-6,9,16-17H2,1-3H3,(H,25,27)(H,26,28)/t18-/m1/s1. The van der Waals surface area contributed by atoms with Crippen LogP contribution in [0, 0.1) is 0 Å². The van der Waals surface area contributed by atoms with Gasteiger partial charge in [-0.25, -0.2) is 0 Å². The van der Waals surface area contributed by atoms with E-state index in [4.69, 9.17) is 9.47 Å². The zero-order valence-corrected chi connectivity index (χ0v) is 18.1. The molecule has 0 saturated heterocycles. The average Bonchev–Trinajstić information content (AvgIpc) is 2.79. The molecular formula is C24H32N2O4. The molecule has 0 spiro atoms. The summed E-state index contributed by atoms with van der Waals surface area (Å²) >= 11 is 0. The fourth-order valence-electron chi connectivity index (χ4n) is 2.86. The second-order valence-corrected chi connectivity index (χ2v) is 7.22. The van der Waals surface area contributed by atoms with E-state index in [2.05, 4.69) is 31.6 Å². The summed E-state index contributed by atoms with van der Waals surface area (Å²) in [6, 6.07) is 14.5. The number of nitrogens with one attached hydrogen (secondary N) is 2. The summed E-state index contributed by atoms with van der Waals surface area (Å²) in [5.41, 5.74) is 6.28. The van der Waals surface area contributed by atoms with Gasteiger partial charge in [0.2, 0.25) is 0 Å². The molecule has 0 aliphatic carbocycles. The van der Waals surface area contributed by atoms with E-state index in [1.807, 2.05) is 24.3 Å². The maximum atomic E-state index is 12.2. The molecule has 162 valence electrons. The molecule has 0 bridgehead atoms. The first kappa shape index (κ1) is 23.3. The van der Waals surface area contributed by atoms with E-state index >= 15 is 0 Å². The van der Waals surface area contributed by atoms with Crippen molar-refractivity contribution in [2.24, 2.45) is 0 Å². The molecule has 1 atom stereocenters. The Morgan fingerprint density at radius 2 is 1.67 bits per heavy atom. The summed E-state index contributed by atoms with van der Waals surface area (Å²) in [5, 5.41) is 0. The topological polar surface area (TPSA) is 76.7 Å². The van der Waals surface area contributed by atoms with Crippen molar-refractivity contribution in [2.45, 2.75) is 52.4 Å². The second-order valence-electron chi connectivity index (χ2n) is 7.22. The highest BCUT2D eigenvalue weighted by atomic mass is 16.5. The number of rotatable bonds is 11. The number of para-hydroxylation sites is 1. The first-order chi connectivity index (χ1) is 14.5. The van der Waals surface area contributed by atoms with Crippen LogP contribution in [0.3, 0.4) is 0 Å². The molecule has 0 fully saturated rings. The van der Waals surface area contributed by atoms with E-state index in [9.17, 15) is 9.59 Å². The van der Waals surface area contributed by atoms with Gasteiger partial charge in [-0.05, 0) is 54.7 Å². The molecule has 2 aromatic carbocycles. The minimum Gasteiger partial charge on any atom is -0.494 e. The quantitative estimate of drug-likeness (QED) is 0.417. The van der Waals surface area contributed by atoms with Crippen molar-refractivity contribution in [3.63, 3.8) is 0 Å². The SMILES string of the molecule is CCCCCOc1ccc(C(=O)NNC(=O)COc2ccccc2[C@H](C)CC)cc1. The van der Waals surface area contributed by atoms with Gasteiger partial charge in [0.15, 0.2) is 6.61 Å². The van der Waals surface area contributed by atoms with Crippen LogP contribution in [0.25, 0.3) is 0 Å². The fraction of sp³-hybridized carbons (Fsp3) is 0.417. The zero-order chi connectivity index (χ0) is 21.8. The Labute approximate surface area is 178 Å². The van der Waals surface area contributed by atoms with E-state index in [0.29, 0.717) is 23.8 Å². The third-order valence-corrected chi connectivity index (χ3v) is 4.87. The van der Waals surface area contributed by atoms with Crippen molar-refractivity contribution in [3.8, 4) is 11.5 Å². The normalized spacial score (nSPS) is 11.4. The van der Waals surface area contributed by atoms with Gasteiger partial charge in [0.25, 0.3) is 11.8 Å². The number of benzene rings is 2. The summed E-state index contributed by atoms with van der Waals surface area (Å²) in [6.45, 7) is 6.84. The van der Waals surface area contributed by atoms with Gasteiger partial charge in [0.05, 0.1) is 6.61 Å². The van der Waals surface area contributed by atoms with Crippen LogP contribution in [-0.2, 0) is 4.79 Å². The third-order valence-electron chi connectivity index (χ3n) is 4.87. The van der Waals surface area contributed by atoms with Crippen LogP contribution < -0.4 is 20.3 Å². The van der Waals surface area contributed by atoms with Gasteiger partial charge in [0.1, 0.15) is 11.5 Å². The van der Waals surface area contributed by atoms with Crippen molar-refractivity contribution in [2.75, 3.05) is 13.2 Å². The van der Waals surface area contributed by atoms with Crippen molar-refractivity contribution < 1.29 is 19.1 Å². The monoisotopic (exact) mass is 412 g/mol. The van der Waals surface area contributed by atoms with Gasteiger partial charge < -0.3 is 9.47 Å². The highest BCUT2D eigenvalue weighted by Gasteiger charge is 2.12. The highest BCUT2D eigenvalue weighted by molar-refractivity contribution is 5.95. The molecule has 2 N–H and O–H groups in total. The molecule has 2 rings (SSSR count). The molecule has 2 aromatic rings. The molecule has 0 heterocycles. The number of amides is 2. The van der Waals surface area contributed by atoms with Crippen LogP contribution in [-0.4, -0.2) is 25.0 Å². The molecule has 0 radical (unpaired) electrons. The smallest absolute Gasteiger partial charge is 0.276 e.